The third-order valence-electron chi connectivity index (χ3n) is 2.55. The molecule has 92 valence electrons. The molecule has 2 nitrogen and oxygen atoms in total. The molecule has 0 radical (unpaired) electrons. The van der Waals surface area contributed by atoms with E-state index in [1.165, 1.54) is 24.3 Å². The summed E-state index contributed by atoms with van der Waals surface area (Å²) < 4.78 is 12.7. The third-order valence-corrected chi connectivity index (χ3v) is 2.92. The van der Waals surface area contributed by atoms with Gasteiger partial charge in [0.15, 0.2) is 0 Å². The number of carbonyl (C=O) groups is 1. The second-order valence-corrected chi connectivity index (χ2v) is 4.13. The second kappa shape index (κ2) is 6.40. The molecule has 17 heavy (non-hydrogen) atoms. The molecule has 0 saturated carbocycles. The van der Waals surface area contributed by atoms with Crippen LogP contribution in [0.5, 0.6) is 0 Å². The van der Waals surface area contributed by atoms with E-state index < -0.39 is 11.9 Å². The fourth-order valence-electron chi connectivity index (χ4n) is 1.54. The molecule has 0 fully saturated rings. The van der Waals surface area contributed by atoms with Crippen LogP contribution in [0.2, 0.25) is 0 Å². The quantitative estimate of drug-likeness (QED) is 0.624. The van der Waals surface area contributed by atoms with Crippen molar-refractivity contribution in [3.63, 3.8) is 0 Å². The number of carboxylic acids is 1. The van der Waals surface area contributed by atoms with Gasteiger partial charge in [0.25, 0.3) is 0 Å². The van der Waals surface area contributed by atoms with Gasteiger partial charge in [0.1, 0.15) is 5.82 Å². The Labute approximate surface area is 105 Å². The summed E-state index contributed by atoms with van der Waals surface area (Å²) in [4.78, 5) is 11.1. The second-order valence-electron chi connectivity index (χ2n) is 3.86. The van der Waals surface area contributed by atoms with Crippen LogP contribution in [0.4, 0.5) is 4.39 Å². The van der Waals surface area contributed by atoms with Crippen molar-refractivity contribution >= 4 is 17.6 Å². The Morgan fingerprint density at radius 1 is 1.41 bits per heavy atom. The molecule has 1 atom stereocenters. The highest BCUT2D eigenvalue weighted by Gasteiger charge is 2.19. The SMILES string of the molecule is C=C(CCl)CCC(C(=O)O)c1ccc(F)cc1. The van der Waals surface area contributed by atoms with Crippen LogP contribution in [0, 0.1) is 5.82 Å². The number of rotatable bonds is 6. The highest BCUT2D eigenvalue weighted by atomic mass is 35.5. The van der Waals surface area contributed by atoms with Gasteiger partial charge in [0, 0.05) is 5.88 Å². The standard InChI is InChI=1S/C13H14ClFO2/c1-9(8-14)2-7-12(13(16)17)10-3-5-11(15)6-4-10/h3-6,12H,1-2,7-8H2,(H,16,17). The largest absolute Gasteiger partial charge is 0.481 e. The summed E-state index contributed by atoms with van der Waals surface area (Å²) in [5.41, 5.74) is 1.40. The Balaban J connectivity index is 2.75. The molecule has 1 unspecified atom stereocenters. The molecular weight excluding hydrogens is 243 g/mol. The molecule has 0 saturated heterocycles. The van der Waals surface area contributed by atoms with Crippen molar-refractivity contribution in [2.24, 2.45) is 0 Å². The minimum Gasteiger partial charge on any atom is -0.481 e. The van der Waals surface area contributed by atoms with Crippen LogP contribution in [0.15, 0.2) is 36.4 Å². The molecular formula is C13H14ClFO2. The average Bonchev–Trinajstić information content (AvgIpc) is 2.31. The lowest BCUT2D eigenvalue weighted by molar-refractivity contribution is -0.138. The first-order valence-corrected chi connectivity index (χ1v) is 5.79. The predicted octanol–water partition coefficient (Wildman–Crippen LogP) is 3.57. The van der Waals surface area contributed by atoms with Gasteiger partial charge < -0.3 is 5.11 Å². The van der Waals surface area contributed by atoms with E-state index in [4.69, 9.17) is 16.7 Å². The lowest BCUT2D eigenvalue weighted by atomic mass is 9.93. The van der Waals surface area contributed by atoms with Gasteiger partial charge in [-0.25, -0.2) is 4.39 Å². The van der Waals surface area contributed by atoms with Crippen LogP contribution < -0.4 is 0 Å². The average molecular weight is 257 g/mol. The Morgan fingerprint density at radius 3 is 2.47 bits per heavy atom. The highest BCUT2D eigenvalue weighted by Crippen LogP contribution is 2.24. The first-order valence-electron chi connectivity index (χ1n) is 5.25. The summed E-state index contributed by atoms with van der Waals surface area (Å²) in [5.74, 6) is -1.60. The van der Waals surface area contributed by atoms with Gasteiger partial charge in [0.05, 0.1) is 5.92 Å². The van der Waals surface area contributed by atoms with E-state index in [0.29, 0.717) is 24.3 Å². The zero-order chi connectivity index (χ0) is 12.8. The van der Waals surface area contributed by atoms with E-state index in [0.717, 1.165) is 5.57 Å². The smallest absolute Gasteiger partial charge is 0.310 e. The molecule has 0 aliphatic heterocycles. The molecule has 0 spiro atoms. The zero-order valence-corrected chi connectivity index (χ0v) is 10.1. The minimum absolute atomic E-state index is 0.329. The maximum Gasteiger partial charge on any atom is 0.310 e. The first kappa shape index (κ1) is 13.7. The van der Waals surface area contributed by atoms with Crippen molar-refractivity contribution in [3.8, 4) is 0 Å². The van der Waals surface area contributed by atoms with Crippen LogP contribution in [-0.2, 0) is 4.79 Å². The Kier molecular flexibility index (Phi) is 5.16. The highest BCUT2D eigenvalue weighted by molar-refractivity contribution is 6.19. The third kappa shape index (κ3) is 4.19. The summed E-state index contributed by atoms with van der Waals surface area (Å²) in [6.45, 7) is 3.73. The maximum absolute atomic E-state index is 12.7. The number of benzene rings is 1. The van der Waals surface area contributed by atoms with Gasteiger partial charge in [-0.2, -0.15) is 0 Å². The van der Waals surface area contributed by atoms with Gasteiger partial charge in [-0.15, -0.1) is 11.6 Å². The predicted molar refractivity (Wildman–Crippen MR) is 65.9 cm³/mol. The van der Waals surface area contributed by atoms with Crippen molar-refractivity contribution in [1.82, 2.24) is 0 Å². The first-order chi connectivity index (χ1) is 8.04. The van der Waals surface area contributed by atoms with Crippen molar-refractivity contribution < 1.29 is 14.3 Å². The summed E-state index contributed by atoms with van der Waals surface area (Å²) in [7, 11) is 0. The van der Waals surface area contributed by atoms with Gasteiger partial charge >= 0.3 is 5.97 Å². The van der Waals surface area contributed by atoms with E-state index in [-0.39, 0.29) is 5.82 Å². The molecule has 0 bridgehead atoms. The minimum atomic E-state index is -0.918. The van der Waals surface area contributed by atoms with Crippen molar-refractivity contribution in [1.29, 1.82) is 0 Å². The zero-order valence-electron chi connectivity index (χ0n) is 9.33. The van der Waals surface area contributed by atoms with E-state index in [1.54, 1.807) is 0 Å². The number of halogens is 2. The summed E-state index contributed by atoms with van der Waals surface area (Å²) in [6.07, 6.45) is 0.977. The van der Waals surface area contributed by atoms with E-state index in [1.807, 2.05) is 0 Å². The van der Waals surface area contributed by atoms with Crippen LogP contribution in [0.1, 0.15) is 24.3 Å². The molecule has 4 heteroatoms. The van der Waals surface area contributed by atoms with Gasteiger partial charge in [-0.3, -0.25) is 4.79 Å². The fraction of sp³-hybridized carbons (Fsp3) is 0.308. The lowest BCUT2D eigenvalue weighted by Crippen LogP contribution is -2.12. The van der Waals surface area contributed by atoms with Crippen molar-refractivity contribution in [3.05, 3.63) is 47.8 Å². The van der Waals surface area contributed by atoms with Gasteiger partial charge in [-0.05, 0) is 30.5 Å². The number of allylic oxidation sites excluding steroid dienone is 1. The maximum atomic E-state index is 12.7. The van der Waals surface area contributed by atoms with Crippen LogP contribution in [0.25, 0.3) is 0 Å². The Bertz CT molecular complexity index is 400. The number of hydrogen-bond acceptors (Lipinski definition) is 1. The monoisotopic (exact) mass is 256 g/mol. The molecule has 0 amide bonds. The number of hydrogen-bond donors (Lipinski definition) is 1. The van der Waals surface area contributed by atoms with Crippen LogP contribution >= 0.6 is 11.6 Å². The van der Waals surface area contributed by atoms with Crippen LogP contribution in [-0.4, -0.2) is 17.0 Å². The fourth-order valence-corrected chi connectivity index (χ4v) is 1.68. The van der Waals surface area contributed by atoms with E-state index in [2.05, 4.69) is 6.58 Å². The lowest BCUT2D eigenvalue weighted by Gasteiger charge is -2.12. The molecule has 0 aromatic heterocycles. The normalized spacial score (nSPS) is 12.1. The molecule has 0 aliphatic rings. The van der Waals surface area contributed by atoms with E-state index >= 15 is 0 Å². The van der Waals surface area contributed by atoms with Crippen molar-refractivity contribution in [2.45, 2.75) is 18.8 Å². The molecule has 0 heterocycles. The number of aliphatic carboxylic acids is 1. The van der Waals surface area contributed by atoms with Crippen molar-refractivity contribution in [2.75, 3.05) is 5.88 Å². The van der Waals surface area contributed by atoms with E-state index in [9.17, 15) is 9.18 Å². The Morgan fingerprint density at radius 2 is 2.00 bits per heavy atom. The molecule has 1 rings (SSSR count). The van der Waals surface area contributed by atoms with Gasteiger partial charge in [0.2, 0.25) is 0 Å². The molecule has 1 aromatic rings. The molecule has 0 aliphatic carbocycles. The van der Waals surface area contributed by atoms with Gasteiger partial charge in [-0.1, -0.05) is 24.3 Å². The topological polar surface area (TPSA) is 37.3 Å². The summed E-state index contributed by atoms with van der Waals surface area (Å²) in [5, 5.41) is 9.13. The number of carboxylic acid groups (broad SMARTS) is 1. The molecule has 1 N–H and O–H groups in total. The summed E-state index contributed by atoms with van der Waals surface area (Å²) in [6, 6.07) is 5.53. The summed E-state index contributed by atoms with van der Waals surface area (Å²) >= 11 is 5.59. The van der Waals surface area contributed by atoms with Crippen LogP contribution in [0.3, 0.4) is 0 Å². The number of alkyl halides is 1. The Hall–Kier alpha value is -1.35. The molecule has 1 aromatic carbocycles.